The Labute approximate surface area is 219 Å². The molecule has 34 heavy (non-hydrogen) atoms. The van der Waals surface area contributed by atoms with Crippen LogP contribution in [0, 0.1) is 39.9 Å². The lowest BCUT2D eigenvalue weighted by Gasteiger charge is -2.50. The lowest BCUT2D eigenvalue weighted by molar-refractivity contribution is -0.134. The van der Waals surface area contributed by atoms with E-state index >= 15 is 0 Å². The molecule has 2 heterocycles. The Morgan fingerprint density at radius 1 is 1.18 bits per heavy atom. The van der Waals surface area contributed by atoms with Crippen molar-refractivity contribution in [2.24, 2.45) is 39.9 Å². The fraction of sp³-hybridized carbons (Fsp3) is 0.931. The number of hydrogen-bond acceptors (Lipinski definition) is 4. The van der Waals surface area contributed by atoms with Gasteiger partial charge in [0.05, 0.1) is 34.4 Å². The van der Waals surface area contributed by atoms with Crippen LogP contribution in [0.1, 0.15) is 78.6 Å². The second-order valence-electron chi connectivity index (χ2n) is 14.0. The summed E-state index contributed by atoms with van der Waals surface area (Å²) in [6.45, 7) is 9.70. The SMILES string of the molecule is C[C@H]1C[C@H]2O[C@]3(CC[C@H]4[C@@H]5CCC6=C[C@@H](O)CC[C@]6(C)[C@H]5CC45CC53C)[C@H](I)[C@@H]2N(CCO)C1. The molecule has 190 valence electrons. The number of aliphatic hydroxyl groups is 2. The van der Waals surface area contributed by atoms with Crippen LogP contribution < -0.4 is 0 Å². The van der Waals surface area contributed by atoms with Crippen molar-refractivity contribution in [3.05, 3.63) is 11.6 Å². The van der Waals surface area contributed by atoms with Crippen LogP contribution in [0.5, 0.6) is 0 Å². The van der Waals surface area contributed by atoms with Crippen LogP contribution in [0.3, 0.4) is 0 Å². The molecule has 0 amide bonds. The van der Waals surface area contributed by atoms with E-state index < -0.39 is 0 Å². The Morgan fingerprint density at radius 3 is 2.79 bits per heavy atom. The standard InChI is InChI=1S/C29H44INO3/c1-17-12-23-24(31(15-17)10-11-32)25(30)29(34-23)9-7-21-20-5-4-18-13-19(33)6-8-26(18,2)22(20)14-28(21)16-27(28,29)3/h13,17,19-25,32-33H,4-12,14-16H2,1-3H3/t17-,19-,20-,21-,22-,23+,24+,25+,26-,27?,28?,29+/m0/s1. The maximum atomic E-state index is 10.3. The van der Waals surface area contributed by atoms with Gasteiger partial charge in [0, 0.05) is 18.5 Å². The van der Waals surface area contributed by atoms with Gasteiger partial charge in [-0.1, -0.05) is 55.0 Å². The summed E-state index contributed by atoms with van der Waals surface area (Å²) in [5, 5.41) is 20.1. The van der Waals surface area contributed by atoms with Crippen molar-refractivity contribution in [3.8, 4) is 0 Å². The normalized spacial score (nSPS) is 60.1. The fourth-order valence-corrected chi connectivity index (χ4v) is 13.4. The van der Waals surface area contributed by atoms with Crippen molar-refractivity contribution in [1.82, 2.24) is 4.90 Å². The van der Waals surface area contributed by atoms with Gasteiger partial charge in [-0.15, -0.1) is 0 Å². The van der Waals surface area contributed by atoms with Crippen molar-refractivity contribution in [1.29, 1.82) is 0 Å². The Morgan fingerprint density at radius 2 is 2.00 bits per heavy atom. The van der Waals surface area contributed by atoms with Gasteiger partial charge in [0.25, 0.3) is 0 Å². The molecule has 5 aliphatic carbocycles. The number of piperidine rings is 1. The van der Waals surface area contributed by atoms with E-state index in [1.807, 2.05) is 0 Å². The first kappa shape index (κ1) is 23.4. The van der Waals surface area contributed by atoms with Crippen LogP contribution in [0.4, 0.5) is 0 Å². The summed E-state index contributed by atoms with van der Waals surface area (Å²) in [6.07, 6.45) is 13.6. The smallest absolute Gasteiger partial charge is 0.0879 e. The van der Waals surface area contributed by atoms with Crippen LogP contribution in [-0.2, 0) is 4.74 Å². The molecule has 2 saturated heterocycles. The van der Waals surface area contributed by atoms with Gasteiger partial charge in [0.2, 0.25) is 0 Å². The summed E-state index contributed by atoms with van der Waals surface area (Å²) >= 11 is 2.79. The molecule has 0 aromatic carbocycles. The number of nitrogens with zero attached hydrogens (tertiary/aromatic N) is 1. The Bertz CT molecular complexity index is 910. The first-order chi connectivity index (χ1) is 16.2. The number of likely N-dealkylation sites (tertiary alicyclic amines) is 1. The molecule has 2 aliphatic heterocycles. The molecule has 7 aliphatic rings. The van der Waals surface area contributed by atoms with Gasteiger partial charge in [-0.3, -0.25) is 4.90 Å². The van der Waals surface area contributed by atoms with E-state index in [9.17, 15) is 10.2 Å². The second-order valence-corrected chi connectivity index (χ2v) is 15.4. The summed E-state index contributed by atoms with van der Waals surface area (Å²) in [5.74, 6) is 3.19. The molecule has 2 N–H and O–H groups in total. The summed E-state index contributed by atoms with van der Waals surface area (Å²) in [4.78, 5) is 2.58. The first-order valence-corrected chi connectivity index (χ1v) is 15.5. The van der Waals surface area contributed by atoms with Crippen LogP contribution in [0.15, 0.2) is 11.6 Å². The molecule has 4 saturated carbocycles. The maximum Gasteiger partial charge on any atom is 0.0879 e. The lowest BCUT2D eigenvalue weighted by Crippen LogP contribution is -2.56. The minimum absolute atomic E-state index is 0.00693. The highest BCUT2D eigenvalue weighted by atomic mass is 127. The molecular weight excluding hydrogens is 537 g/mol. The topological polar surface area (TPSA) is 52.9 Å². The minimum Gasteiger partial charge on any atom is -0.395 e. The zero-order valence-corrected chi connectivity index (χ0v) is 23.5. The van der Waals surface area contributed by atoms with E-state index in [-0.39, 0.29) is 18.3 Å². The summed E-state index contributed by atoms with van der Waals surface area (Å²) in [5.41, 5.74) is 2.67. The molecule has 7 rings (SSSR count). The van der Waals surface area contributed by atoms with Gasteiger partial charge in [0.1, 0.15) is 0 Å². The molecule has 0 aromatic rings. The molecule has 5 heteroatoms. The first-order valence-electron chi connectivity index (χ1n) is 14.3. The predicted octanol–water partition coefficient (Wildman–Crippen LogP) is 4.95. The molecule has 2 unspecified atom stereocenters. The molecular formula is C29H44INO3. The van der Waals surface area contributed by atoms with Gasteiger partial charge in [-0.2, -0.15) is 0 Å². The van der Waals surface area contributed by atoms with Crippen LogP contribution in [0.25, 0.3) is 0 Å². The minimum atomic E-state index is -0.213. The molecule has 6 fully saturated rings. The maximum absolute atomic E-state index is 10.3. The van der Waals surface area contributed by atoms with Crippen molar-refractivity contribution >= 4 is 22.6 Å². The number of allylic oxidation sites excluding steroid dienone is 1. The van der Waals surface area contributed by atoms with E-state index in [0.29, 0.717) is 38.2 Å². The zero-order chi connectivity index (χ0) is 23.7. The van der Waals surface area contributed by atoms with Gasteiger partial charge < -0.3 is 14.9 Å². The van der Waals surface area contributed by atoms with Crippen molar-refractivity contribution in [3.63, 3.8) is 0 Å². The van der Waals surface area contributed by atoms with Gasteiger partial charge in [0.15, 0.2) is 0 Å². The van der Waals surface area contributed by atoms with Crippen molar-refractivity contribution < 1.29 is 14.9 Å². The average Bonchev–Trinajstić information content (AvgIpc) is 3.13. The van der Waals surface area contributed by atoms with E-state index in [1.165, 1.54) is 51.4 Å². The highest BCUT2D eigenvalue weighted by Crippen LogP contribution is 2.87. The average molecular weight is 582 g/mol. The fourth-order valence-electron chi connectivity index (χ4n) is 11.3. The number of rotatable bonds is 2. The largest absolute Gasteiger partial charge is 0.395 e. The third-order valence-corrected chi connectivity index (χ3v) is 14.6. The quantitative estimate of drug-likeness (QED) is 0.275. The van der Waals surface area contributed by atoms with Crippen molar-refractivity contribution in [2.75, 3.05) is 19.7 Å². The Hall–Kier alpha value is 0.310. The zero-order valence-electron chi connectivity index (χ0n) is 21.3. The summed E-state index contributed by atoms with van der Waals surface area (Å²) in [6, 6.07) is 0.463. The van der Waals surface area contributed by atoms with Crippen LogP contribution >= 0.6 is 22.6 Å². The van der Waals surface area contributed by atoms with E-state index in [1.54, 1.807) is 5.57 Å². The molecule has 2 spiro atoms. The van der Waals surface area contributed by atoms with Crippen LogP contribution in [-0.4, -0.2) is 62.6 Å². The molecule has 4 nitrogen and oxygen atoms in total. The van der Waals surface area contributed by atoms with E-state index in [4.69, 9.17) is 4.74 Å². The molecule has 0 aromatic heterocycles. The monoisotopic (exact) mass is 581 g/mol. The van der Waals surface area contributed by atoms with Gasteiger partial charge >= 0.3 is 0 Å². The molecule has 0 bridgehead atoms. The second kappa shape index (κ2) is 7.45. The number of halogens is 1. The third kappa shape index (κ3) is 2.70. The number of alkyl halides is 1. The number of β-amino-alcohol motifs (C(OH)–C–C–N with tert-alkyl or cyclic N) is 1. The molecule has 12 atom stereocenters. The lowest BCUT2D eigenvalue weighted by atomic mass is 9.56. The van der Waals surface area contributed by atoms with E-state index in [0.717, 1.165) is 37.3 Å². The molecule has 0 radical (unpaired) electrons. The van der Waals surface area contributed by atoms with Crippen LogP contribution in [0.2, 0.25) is 0 Å². The highest BCUT2D eigenvalue weighted by Gasteiger charge is 2.85. The third-order valence-electron chi connectivity index (χ3n) is 12.9. The Kier molecular flexibility index (Phi) is 5.14. The number of aliphatic hydroxyl groups excluding tert-OH is 2. The summed E-state index contributed by atoms with van der Waals surface area (Å²) < 4.78 is 7.85. The number of hydrogen-bond donors (Lipinski definition) is 2. The number of fused-ring (bicyclic) bond motifs is 6. The van der Waals surface area contributed by atoms with Gasteiger partial charge in [-0.05, 0) is 92.3 Å². The predicted molar refractivity (Wildman–Crippen MR) is 142 cm³/mol. The summed E-state index contributed by atoms with van der Waals surface area (Å²) in [7, 11) is 0. The number of ether oxygens (including phenoxy) is 1. The van der Waals surface area contributed by atoms with Gasteiger partial charge in [-0.25, -0.2) is 0 Å². The van der Waals surface area contributed by atoms with Crippen molar-refractivity contribution in [2.45, 2.75) is 106 Å². The highest BCUT2D eigenvalue weighted by molar-refractivity contribution is 14.1. The Balaban J connectivity index is 1.22. The van der Waals surface area contributed by atoms with E-state index in [2.05, 4.69) is 54.3 Å².